The van der Waals surface area contributed by atoms with Gasteiger partial charge in [-0.25, -0.2) is 4.98 Å². The third kappa shape index (κ3) is 5.96. The van der Waals surface area contributed by atoms with Gasteiger partial charge in [0.2, 0.25) is 0 Å². The molecule has 1 aromatic carbocycles. The monoisotopic (exact) mass is 541 g/mol. The van der Waals surface area contributed by atoms with Gasteiger partial charge < -0.3 is 19.7 Å². The van der Waals surface area contributed by atoms with Gasteiger partial charge in [0, 0.05) is 12.8 Å². The van der Waals surface area contributed by atoms with Crippen molar-refractivity contribution < 1.29 is 29.3 Å². The number of terminal acetylenes is 1. The highest BCUT2D eigenvalue weighted by Gasteiger charge is 2.53. The van der Waals surface area contributed by atoms with Gasteiger partial charge in [-0.3, -0.25) is 9.59 Å². The molecule has 0 unspecified atom stereocenters. The van der Waals surface area contributed by atoms with Gasteiger partial charge in [0.05, 0.1) is 56.9 Å². The molecule has 2 aliphatic heterocycles. The van der Waals surface area contributed by atoms with E-state index in [1.807, 2.05) is 32.0 Å². The standard InChI is InChI=1S/C30H39NO6S/c1-7-9-20-27(34)17(2)10-8-13-30(6)25(37-30)15-22(19-11-12-23-21(14-19)31-18(3)38-23)36-26(33)16-24(32)29(4,5)28(20)35/h1,11-12,14,17,20,22,24-25,27,32,34H,8-10,13,15-16H2,2-6H3/t17-,20+,22-,24-,25-,27-,30+/m0/s1. The number of rotatable bonds is 2. The maximum atomic E-state index is 13.6. The van der Waals surface area contributed by atoms with Gasteiger partial charge in [-0.05, 0) is 50.3 Å². The summed E-state index contributed by atoms with van der Waals surface area (Å²) in [7, 11) is 0. The summed E-state index contributed by atoms with van der Waals surface area (Å²) >= 11 is 1.61. The molecule has 0 saturated carbocycles. The van der Waals surface area contributed by atoms with Crippen LogP contribution in [0.2, 0.25) is 0 Å². The lowest BCUT2D eigenvalue weighted by Gasteiger charge is -2.35. The molecule has 0 aliphatic carbocycles. The Labute approximate surface area is 228 Å². The smallest absolute Gasteiger partial charge is 0.309 e. The van der Waals surface area contributed by atoms with E-state index in [1.54, 1.807) is 25.2 Å². The van der Waals surface area contributed by atoms with Crippen molar-refractivity contribution in [3.05, 3.63) is 28.8 Å². The largest absolute Gasteiger partial charge is 0.457 e. The Kier molecular flexibility index (Phi) is 8.34. The van der Waals surface area contributed by atoms with Crippen molar-refractivity contribution >= 4 is 33.3 Å². The molecule has 2 fully saturated rings. The number of aliphatic hydroxyl groups excluding tert-OH is 2. The SMILES string of the molecule is C#CC[C@H]1C(=O)C(C)(C)[C@@H](O)CC(=O)O[C@H](c2ccc3sc(C)nc3c2)C[C@@H]2O[C@]2(C)CCC[C@H](C)[C@@H]1O. The van der Waals surface area contributed by atoms with E-state index in [9.17, 15) is 19.8 Å². The lowest BCUT2D eigenvalue weighted by atomic mass is 9.71. The molecule has 206 valence electrons. The highest BCUT2D eigenvalue weighted by Crippen LogP contribution is 2.47. The number of thiazole rings is 1. The van der Waals surface area contributed by atoms with E-state index < -0.39 is 35.6 Å². The van der Waals surface area contributed by atoms with Gasteiger partial charge in [-0.2, -0.15) is 0 Å². The van der Waals surface area contributed by atoms with Gasteiger partial charge in [0.15, 0.2) is 0 Å². The number of nitrogens with zero attached hydrogens (tertiary/aromatic N) is 1. The number of epoxide rings is 1. The first-order chi connectivity index (χ1) is 17.9. The van der Waals surface area contributed by atoms with Gasteiger partial charge >= 0.3 is 5.97 Å². The van der Waals surface area contributed by atoms with E-state index in [1.165, 1.54) is 0 Å². The number of benzene rings is 1. The zero-order chi connectivity index (χ0) is 27.8. The number of aromatic nitrogens is 1. The second kappa shape index (κ2) is 11.1. The van der Waals surface area contributed by atoms with Crippen molar-refractivity contribution in [2.75, 3.05) is 0 Å². The van der Waals surface area contributed by atoms with Crippen LogP contribution in [0.4, 0.5) is 0 Å². The molecule has 0 bridgehead atoms. The number of esters is 1. The van der Waals surface area contributed by atoms with Crippen molar-refractivity contribution in [3.8, 4) is 12.3 Å². The molecule has 7 atom stereocenters. The second-order valence-corrected chi connectivity index (χ2v) is 13.0. The summed E-state index contributed by atoms with van der Waals surface area (Å²) in [5, 5.41) is 23.1. The lowest BCUT2D eigenvalue weighted by Crippen LogP contribution is -2.46. The molecule has 38 heavy (non-hydrogen) atoms. The third-order valence-corrected chi connectivity index (χ3v) is 9.41. The molecule has 0 spiro atoms. The quantitative estimate of drug-likeness (QED) is 0.316. The van der Waals surface area contributed by atoms with E-state index in [2.05, 4.69) is 17.8 Å². The summed E-state index contributed by atoms with van der Waals surface area (Å²) in [5.74, 6) is 0.573. The van der Waals surface area contributed by atoms with Crippen molar-refractivity contribution in [1.29, 1.82) is 0 Å². The van der Waals surface area contributed by atoms with Crippen LogP contribution in [0, 0.1) is 36.5 Å². The average Bonchev–Trinajstić information content (AvgIpc) is 3.32. The van der Waals surface area contributed by atoms with Crippen LogP contribution in [-0.2, 0) is 19.1 Å². The Morgan fingerprint density at radius 3 is 2.68 bits per heavy atom. The number of aryl methyl sites for hydroxylation is 1. The van der Waals surface area contributed by atoms with Crippen LogP contribution in [0.3, 0.4) is 0 Å². The van der Waals surface area contributed by atoms with Crippen LogP contribution < -0.4 is 0 Å². The molecular formula is C30H39NO6S. The van der Waals surface area contributed by atoms with Crippen LogP contribution in [0.15, 0.2) is 18.2 Å². The predicted octanol–water partition coefficient (Wildman–Crippen LogP) is 4.90. The molecular weight excluding hydrogens is 502 g/mol. The van der Waals surface area contributed by atoms with Crippen LogP contribution in [-0.4, -0.2) is 50.9 Å². The highest BCUT2D eigenvalue weighted by molar-refractivity contribution is 7.18. The predicted molar refractivity (Wildman–Crippen MR) is 146 cm³/mol. The van der Waals surface area contributed by atoms with Gasteiger partial charge in [0.1, 0.15) is 11.9 Å². The summed E-state index contributed by atoms with van der Waals surface area (Å²) in [5.41, 5.74) is 0.0315. The summed E-state index contributed by atoms with van der Waals surface area (Å²) < 4.78 is 13.1. The summed E-state index contributed by atoms with van der Waals surface area (Å²) in [6.07, 6.45) is 5.15. The van der Waals surface area contributed by atoms with E-state index in [-0.39, 0.29) is 36.2 Å². The summed E-state index contributed by atoms with van der Waals surface area (Å²) in [4.78, 5) is 31.3. The lowest BCUT2D eigenvalue weighted by molar-refractivity contribution is -0.156. The number of hydrogen-bond donors (Lipinski definition) is 2. The highest BCUT2D eigenvalue weighted by atomic mass is 32.1. The zero-order valence-corrected chi connectivity index (χ0v) is 23.7. The first-order valence-corrected chi connectivity index (χ1v) is 14.3. The normalized spacial score (nSPS) is 34.8. The maximum absolute atomic E-state index is 13.6. The number of carbonyl (C=O) groups is 2. The van der Waals surface area contributed by atoms with Crippen LogP contribution in [0.1, 0.15) is 82.9 Å². The minimum absolute atomic E-state index is 0.0640. The van der Waals surface area contributed by atoms with Gasteiger partial charge in [-0.1, -0.05) is 33.3 Å². The Morgan fingerprint density at radius 2 is 1.97 bits per heavy atom. The molecule has 2 aromatic rings. The number of ketones is 1. The van der Waals surface area contributed by atoms with Gasteiger partial charge in [-0.15, -0.1) is 23.7 Å². The number of cyclic esters (lactones) is 1. The fourth-order valence-corrected chi connectivity index (χ4v) is 6.42. The fourth-order valence-electron chi connectivity index (χ4n) is 5.61. The summed E-state index contributed by atoms with van der Waals surface area (Å²) in [6, 6.07) is 5.89. The molecule has 2 aliphatic rings. The molecule has 2 saturated heterocycles. The van der Waals surface area contributed by atoms with E-state index in [0.29, 0.717) is 12.8 Å². The van der Waals surface area contributed by atoms with E-state index in [4.69, 9.17) is 15.9 Å². The Bertz CT molecular complexity index is 1230. The van der Waals surface area contributed by atoms with E-state index >= 15 is 0 Å². The number of carbonyl (C=O) groups excluding carboxylic acids is 2. The zero-order valence-electron chi connectivity index (χ0n) is 22.9. The first-order valence-electron chi connectivity index (χ1n) is 13.4. The fraction of sp³-hybridized carbons (Fsp3) is 0.633. The van der Waals surface area contributed by atoms with Crippen molar-refractivity contribution in [2.24, 2.45) is 17.3 Å². The van der Waals surface area contributed by atoms with Crippen LogP contribution >= 0.6 is 11.3 Å². The summed E-state index contributed by atoms with van der Waals surface area (Å²) in [6.45, 7) is 9.13. The molecule has 0 radical (unpaired) electrons. The Morgan fingerprint density at radius 1 is 1.24 bits per heavy atom. The average molecular weight is 542 g/mol. The van der Waals surface area contributed by atoms with Crippen LogP contribution in [0.5, 0.6) is 0 Å². The molecule has 3 heterocycles. The van der Waals surface area contributed by atoms with Crippen molar-refractivity contribution in [2.45, 2.75) is 103 Å². The first kappa shape index (κ1) is 28.7. The number of fused-ring (bicyclic) bond motifs is 2. The number of hydrogen-bond acceptors (Lipinski definition) is 8. The topological polar surface area (TPSA) is 109 Å². The molecule has 0 amide bonds. The number of Topliss-reactive ketones (excluding diaryl/α,β-unsaturated/α-hetero) is 1. The molecule has 1 aromatic heterocycles. The Hall–Kier alpha value is -2.31. The molecule has 8 heteroatoms. The van der Waals surface area contributed by atoms with Crippen molar-refractivity contribution in [3.63, 3.8) is 0 Å². The van der Waals surface area contributed by atoms with Crippen molar-refractivity contribution in [1.82, 2.24) is 4.98 Å². The Balaban J connectivity index is 1.63. The minimum Gasteiger partial charge on any atom is -0.457 e. The van der Waals surface area contributed by atoms with E-state index in [0.717, 1.165) is 33.6 Å². The maximum Gasteiger partial charge on any atom is 0.309 e. The molecule has 2 N–H and O–H groups in total. The second-order valence-electron chi connectivity index (χ2n) is 11.8. The third-order valence-electron chi connectivity index (χ3n) is 8.46. The number of ether oxygens (including phenoxy) is 2. The molecule has 4 rings (SSSR count). The number of aliphatic hydroxyl groups is 2. The van der Waals surface area contributed by atoms with Gasteiger partial charge in [0.25, 0.3) is 0 Å². The van der Waals surface area contributed by atoms with Crippen LogP contribution in [0.25, 0.3) is 10.2 Å². The molecule has 7 nitrogen and oxygen atoms in total. The minimum atomic E-state index is -1.30.